The van der Waals surface area contributed by atoms with Crippen LogP contribution in [0.15, 0.2) is 39.3 Å². The van der Waals surface area contributed by atoms with Crippen LogP contribution in [-0.2, 0) is 0 Å². The normalized spacial score (nSPS) is 10.3. The van der Waals surface area contributed by atoms with E-state index in [1.807, 2.05) is 19.1 Å². The van der Waals surface area contributed by atoms with Gasteiger partial charge in [0, 0.05) is 16.0 Å². The van der Waals surface area contributed by atoms with Crippen molar-refractivity contribution in [1.82, 2.24) is 0 Å². The number of anilines is 2. The van der Waals surface area contributed by atoms with Gasteiger partial charge in [0.25, 0.3) is 5.91 Å². The van der Waals surface area contributed by atoms with Crippen LogP contribution in [-0.4, -0.2) is 13.0 Å². The van der Waals surface area contributed by atoms with Gasteiger partial charge in [0.1, 0.15) is 5.82 Å². The second-order valence-corrected chi connectivity index (χ2v) is 6.18. The van der Waals surface area contributed by atoms with Crippen LogP contribution in [0.5, 0.6) is 0 Å². The van der Waals surface area contributed by atoms with Crippen LogP contribution in [0.2, 0.25) is 0 Å². The maximum absolute atomic E-state index is 13.7. The topological polar surface area (TPSA) is 41.1 Å². The van der Waals surface area contributed by atoms with Crippen molar-refractivity contribution in [1.29, 1.82) is 0 Å². The number of nitrogens with one attached hydrogen (secondary N) is 2. The van der Waals surface area contributed by atoms with Crippen LogP contribution < -0.4 is 10.6 Å². The summed E-state index contributed by atoms with van der Waals surface area (Å²) in [6, 6.07) is 8.17. The highest BCUT2D eigenvalue weighted by Gasteiger charge is 2.16. The molecule has 21 heavy (non-hydrogen) atoms. The summed E-state index contributed by atoms with van der Waals surface area (Å²) in [5, 5.41) is 5.49. The maximum atomic E-state index is 13.7. The van der Waals surface area contributed by atoms with Gasteiger partial charge in [0.15, 0.2) is 0 Å². The van der Waals surface area contributed by atoms with Crippen molar-refractivity contribution in [2.75, 3.05) is 17.7 Å². The molecule has 110 valence electrons. The van der Waals surface area contributed by atoms with E-state index in [0.29, 0.717) is 5.69 Å². The van der Waals surface area contributed by atoms with Gasteiger partial charge in [-0.15, -0.1) is 0 Å². The van der Waals surface area contributed by atoms with Crippen molar-refractivity contribution in [3.8, 4) is 0 Å². The van der Waals surface area contributed by atoms with Crippen molar-refractivity contribution in [2.45, 2.75) is 6.92 Å². The molecule has 1 amide bonds. The molecule has 0 saturated carbocycles. The van der Waals surface area contributed by atoms with Crippen molar-refractivity contribution >= 4 is 49.1 Å². The van der Waals surface area contributed by atoms with Gasteiger partial charge in [-0.1, -0.05) is 6.07 Å². The third-order valence-corrected chi connectivity index (χ3v) is 4.18. The minimum absolute atomic E-state index is 0.175. The molecular formula is C15H13Br2FN2O. The first-order valence-electron chi connectivity index (χ1n) is 6.17. The maximum Gasteiger partial charge on any atom is 0.257 e. The van der Waals surface area contributed by atoms with Crippen LogP contribution in [0.1, 0.15) is 15.9 Å². The highest BCUT2D eigenvalue weighted by Crippen LogP contribution is 2.33. The highest BCUT2D eigenvalue weighted by molar-refractivity contribution is 9.11. The van der Waals surface area contributed by atoms with E-state index in [-0.39, 0.29) is 17.2 Å². The Bertz CT molecular complexity index is 681. The molecule has 2 aromatic carbocycles. The molecule has 2 rings (SSSR count). The molecule has 2 N–H and O–H groups in total. The molecule has 0 spiro atoms. The van der Waals surface area contributed by atoms with Crippen LogP contribution in [0.3, 0.4) is 0 Å². The lowest BCUT2D eigenvalue weighted by atomic mass is 10.1. The van der Waals surface area contributed by atoms with E-state index in [1.54, 1.807) is 13.1 Å². The first kappa shape index (κ1) is 16.0. The molecule has 0 aliphatic rings. The number of carbonyl (C=O) groups excluding carboxylic acids is 1. The quantitative estimate of drug-likeness (QED) is 0.744. The average molecular weight is 416 g/mol. The standard InChI is InChI=1S/C15H13Br2FN2O/c1-8-6-10(16)14(11(17)7-8)20-15(21)9-4-3-5-12(18)13(9)19-2/h3-7,19H,1-2H3,(H,20,21). The Morgan fingerprint density at radius 1 is 1.14 bits per heavy atom. The monoisotopic (exact) mass is 414 g/mol. The minimum Gasteiger partial charge on any atom is -0.385 e. The van der Waals surface area contributed by atoms with Crippen molar-refractivity contribution in [3.63, 3.8) is 0 Å². The van der Waals surface area contributed by atoms with E-state index < -0.39 is 5.82 Å². The highest BCUT2D eigenvalue weighted by atomic mass is 79.9. The molecule has 0 bridgehead atoms. The summed E-state index contributed by atoms with van der Waals surface area (Å²) in [5.41, 5.74) is 2.08. The summed E-state index contributed by atoms with van der Waals surface area (Å²) in [6.45, 7) is 1.95. The van der Waals surface area contributed by atoms with E-state index in [4.69, 9.17) is 0 Å². The van der Waals surface area contributed by atoms with Gasteiger partial charge in [0.05, 0.1) is 16.9 Å². The lowest BCUT2D eigenvalue weighted by Gasteiger charge is -2.13. The Morgan fingerprint density at radius 3 is 2.33 bits per heavy atom. The number of amides is 1. The zero-order valence-corrected chi connectivity index (χ0v) is 14.6. The molecule has 2 aromatic rings. The van der Waals surface area contributed by atoms with Gasteiger partial charge < -0.3 is 10.6 Å². The number of halogens is 3. The van der Waals surface area contributed by atoms with E-state index >= 15 is 0 Å². The average Bonchev–Trinajstić information content (AvgIpc) is 2.42. The smallest absolute Gasteiger partial charge is 0.257 e. The first-order valence-corrected chi connectivity index (χ1v) is 7.76. The zero-order chi connectivity index (χ0) is 15.6. The van der Waals surface area contributed by atoms with Crippen molar-refractivity contribution in [2.24, 2.45) is 0 Å². The van der Waals surface area contributed by atoms with E-state index in [2.05, 4.69) is 42.5 Å². The first-order chi connectivity index (χ1) is 9.93. The molecule has 0 atom stereocenters. The van der Waals surface area contributed by atoms with Crippen LogP contribution >= 0.6 is 31.9 Å². The van der Waals surface area contributed by atoms with E-state index in [1.165, 1.54) is 12.1 Å². The summed E-state index contributed by atoms with van der Waals surface area (Å²) in [5.74, 6) is -0.851. The fraction of sp³-hybridized carbons (Fsp3) is 0.133. The third-order valence-electron chi connectivity index (χ3n) is 2.93. The Labute approximate surface area is 139 Å². The number of aryl methyl sites for hydroxylation is 1. The van der Waals surface area contributed by atoms with Crippen molar-refractivity contribution < 1.29 is 9.18 Å². The molecule has 6 heteroatoms. The number of hydrogen-bond donors (Lipinski definition) is 2. The molecule has 0 unspecified atom stereocenters. The summed E-state index contributed by atoms with van der Waals surface area (Å²) in [4.78, 5) is 12.4. The fourth-order valence-corrected chi connectivity index (χ4v) is 3.58. The minimum atomic E-state index is -0.466. The summed E-state index contributed by atoms with van der Waals surface area (Å²) >= 11 is 6.83. The molecule has 0 saturated heterocycles. The van der Waals surface area contributed by atoms with Crippen molar-refractivity contribution in [3.05, 3.63) is 56.2 Å². The Hall–Kier alpha value is -1.40. The van der Waals surface area contributed by atoms with Crippen LogP contribution in [0, 0.1) is 12.7 Å². The number of hydrogen-bond acceptors (Lipinski definition) is 2. The summed E-state index contributed by atoms with van der Waals surface area (Å²) in [7, 11) is 1.58. The molecule has 0 aliphatic heterocycles. The molecule has 0 fully saturated rings. The summed E-state index contributed by atoms with van der Waals surface area (Å²) in [6.07, 6.45) is 0. The fourth-order valence-electron chi connectivity index (χ4n) is 1.97. The number of benzene rings is 2. The third kappa shape index (κ3) is 3.44. The molecular weight excluding hydrogens is 403 g/mol. The number of carbonyl (C=O) groups is 1. The molecule has 0 aliphatic carbocycles. The molecule has 3 nitrogen and oxygen atoms in total. The predicted octanol–water partition coefficient (Wildman–Crippen LogP) is 4.95. The van der Waals surface area contributed by atoms with Gasteiger partial charge in [-0.2, -0.15) is 0 Å². The van der Waals surface area contributed by atoms with Gasteiger partial charge in [0.2, 0.25) is 0 Å². The molecule has 0 aromatic heterocycles. The lowest BCUT2D eigenvalue weighted by molar-refractivity contribution is 0.102. The van der Waals surface area contributed by atoms with Gasteiger partial charge >= 0.3 is 0 Å². The van der Waals surface area contributed by atoms with E-state index in [9.17, 15) is 9.18 Å². The Kier molecular flexibility index (Phi) is 5.00. The Morgan fingerprint density at radius 2 is 1.76 bits per heavy atom. The lowest BCUT2D eigenvalue weighted by Crippen LogP contribution is -2.15. The molecule has 0 radical (unpaired) electrons. The van der Waals surface area contributed by atoms with E-state index in [0.717, 1.165) is 14.5 Å². The predicted molar refractivity (Wildman–Crippen MR) is 90.5 cm³/mol. The Balaban J connectivity index is 2.38. The molecule has 0 heterocycles. The van der Waals surface area contributed by atoms with Crippen LogP contribution in [0.4, 0.5) is 15.8 Å². The second kappa shape index (κ2) is 6.58. The van der Waals surface area contributed by atoms with Crippen LogP contribution in [0.25, 0.3) is 0 Å². The zero-order valence-electron chi connectivity index (χ0n) is 11.4. The number of para-hydroxylation sites is 1. The van der Waals surface area contributed by atoms with Gasteiger partial charge in [-0.3, -0.25) is 4.79 Å². The van der Waals surface area contributed by atoms with Gasteiger partial charge in [-0.05, 0) is 68.6 Å². The van der Waals surface area contributed by atoms with Gasteiger partial charge in [-0.25, -0.2) is 4.39 Å². The largest absolute Gasteiger partial charge is 0.385 e. The summed E-state index contributed by atoms with van der Waals surface area (Å²) < 4.78 is 15.2. The second-order valence-electron chi connectivity index (χ2n) is 4.47. The number of rotatable bonds is 3. The SMILES string of the molecule is CNc1c(F)cccc1C(=O)Nc1c(Br)cc(C)cc1Br.